The van der Waals surface area contributed by atoms with Crippen molar-refractivity contribution in [3.63, 3.8) is 0 Å². The van der Waals surface area contributed by atoms with Crippen LogP contribution in [0.5, 0.6) is 0 Å². The van der Waals surface area contributed by atoms with Crippen LogP contribution in [0.2, 0.25) is 5.15 Å². The van der Waals surface area contributed by atoms with Crippen LogP contribution in [0, 0.1) is 0 Å². The number of pyridine rings is 2. The van der Waals surface area contributed by atoms with Crippen molar-refractivity contribution in [2.24, 2.45) is 0 Å². The fourth-order valence-corrected chi connectivity index (χ4v) is 1.29. The van der Waals surface area contributed by atoms with Crippen LogP contribution in [-0.4, -0.2) is 9.97 Å². The van der Waals surface area contributed by atoms with Gasteiger partial charge in [-0.05, 0) is 24.3 Å². The minimum absolute atomic E-state index is 0.461. The predicted octanol–water partition coefficient (Wildman–Crippen LogP) is 2.38. The van der Waals surface area contributed by atoms with Crippen LogP contribution < -0.4 is 5.73 Å². The van der Waals surface area contributed by atoms with Crippen molar-refractivity contribution in [3.8, 4) is 11.3 Å². The van der Waals surface area contributed by atoms with Gasteiger partial charge in [0.2, 0.25) is 0 Å². The number of nitrogens with zero attached hydrogens (tertiary/aromatic N) is 2. The molecule has 2 aromatic rings. The highest BCUT2D eigenvalue weighted by Gasteiger charge is 2.02. The van der Waals surface area contributed by atoms with Gasteiger partial charge >= 0.3 is 0 Å². The molecule has 2 rings (SSSR count). The van der Waals surface area contributed by atoms with Crippen LogP contribution in [0.15, 0.2) is 36.7 Å². The van der Waals surface area contributed by atoms with E-state index in [0.717, 1.165) is 11.3 Å². The van der Waals surface area contributed by atoms with Crippen LogP contribution in [0.1, 0.15) is 0 Å². The fourth-order valence-electron chi connectivity index (χ4n) is 1.17. The molecule has 0 saturated carbocycles. The van der Waals surface area contributed by atoms with E-state index in [1.807, 2.05) is 6.07 Å². The molecule has 0 spiro atoms. The van der Waals surface area contributed by atoms with Gasteiger partial charge in [-0.3, -0.25) is 4.98 Å². The smallest absolute Gasteiger partial charge is 0.129 e. The van der Waals surface area contributed by atoms with Gasteiger partial charge in [-0.2, -0.15) is 0 Å². The number of halogens is 1. The Morgan fingerprint density at radius 3 is 2.64 bits per heavy atom. The van der Waals surface area contributed by atoms with Gasteiger partial charge < -0.3 is 5.73 Å². The summed E-state index contributed by atoms with van der Waals surface area (Å²) in [6.45, 7) is 0. The van der Waals surface area contributed by atoms with Gasteiger partial charge in [0.1, 0.15) is 5.15 Å². The molecule has 2 aromatic heterocycles. The van der Waals surface area contributed by atoms with E-state index in [2.05, 4.69) is 9.97 Å². The van der Waals surface area contributed by atoms with Crippen molar-refractivity contribution in [2.75, 3.05) is 5.73 Å². The molecule has 2 N–H and O–H groups in total. The highest BCUT2D eigenvalue weighted by atomic mass is 35.5. The summed E-state index contributed by atoms with van der Waals surface area (Å²) in [6.07, 6.45) is 3.35. The summed E-state index contributed by atoms with van der Waals surface area (Å²) in [6, 6.07) is 7.15. The molecule has 70 valence electrons. The first-order valence-electron chi connectivity index (χ1n) is 4.10. The number of rotatable bonds is 1. The lowest BCUT2D eigenvalue weighted by Gasteiger charge is -2.02. The van der Waals surface area contributed by atoms with Gasteiger partial charge in [0.25, 0.3) is 0 Å². The van der Waals surface area contributed by atoms with E-state index in [-0.39, 0.29) is 0 Å². The highest BCUT2D eigenvalue weighted by Crippen LogP contribution is 2.22. The normalized spacial score (nSPS) is 10.1. The Morgan fingerprint density at radius 1 is 1.14 bits per heavy atom. The molecule has 0 bridgehead atoms. The van der Waals surface area contributed by atoms with Crippen molar-refractivity contribution >= 4 is 17.3 Å². The maximum absolute atomic E-state index is 5.77. The molecule has 4 heteroatoms. The number of nitrogens with two attached hydrogens (primary N) is 1. The number of hydrogen-bond donors (Lipinski definition) is 1. The highest BCUT2D eigenvalue weighted by molar-refractivity contribution is 6.29. The molecule has 2 heterocycles. The van der Waals surface area contributed by atoms with E-state index in [4.69, 9.17) is 17.3 Å². The summed E-state index contributed by atoms with van der Waals surface area (Å²) < 4.78 is 0. The second-order valence-corrected chi connectivity index (χ2v) is 3.20. The maximum atomic E-state index is 5.77. The molecule has 3 nitrogen and oxygen atoms in total. The molecule has 0 atom stereocenters. The van der Waals surface area contributed by atoms with E-state index in [1.165, 1.54) is 0 Å². The Labute approximate surface area is 86.6 Å². The molecule has 0 amide bonds. The van der Waals surface area contributed by atoms with Crippen LogP contribution >= 0.6 is 11.6 Å². The largest absolute Gasteiger partial charge is 0.397 e. The molecular weight excluding hydrogens is 198 g/mol. The summed E-state index contributed by atoms with van der Waals surface area (Å²) in [5, 5.41) is 0.461. The van der Waals surface area contributed by atoms with Crippen molar-refractivity contribution < 1.29 is 0 Å². The average Bonchev–Trinajstić information content (AvgIpc) is 2.20. The first-order chi connectivity index (χ1) is 6.77. The summed E-state index contributed by atoms with van der Waals surface area (Å²) in [7, 11) is 0. The van der Waals surface area contributed by atoms with Crippen LogP contribution in [0.3, 0.4) is 0 Å². The van der Waals surface area contributed by atoms with Gasteiger partial charge in [-0.1, -0.05) is 11.6 Å². The van der Waals surface area contributed by atoms with Crippen molar-refractivity contribution in [1.82, 2.24) is 9.97 Å². The second-order valence-electron chi connectivity index (χ2n) is 2.81. The average molecular weight is 206 g/mol. The van der Waals surface area contributed by atoms with Crippen molar-refractivity contribution in [2.45, 2.75) is 0 Å². The molecule has 0 aliphatic rings. The zero-order valence-corrected chi connectivity index (χ0v) is 8.07. The van der Waals surface area contributed by atoms with Crippen LogP contribution in [-0.2, 0) is 0 Å². The molecule has 0 aliphatic heterocycles. The summed E-state index contributed by atoms with van der Waals surface area (Å²) in [5.41, 5.74) is 8.00. The lowest BCUT2D eigenvalue weighted by molar-refractivity contribution is 1.28. The molecule has 0 aromatic carbocycles. The van der Waals surface area contributed by atoms with Crippen molar-refractivity contribution in [1.29, 1.82) is 0 Å². The molecular formula is C10H8ClN3. The predicted molar refractivity (Wildman–Crippen MR) is 56.9 cm³/mol. The summed E-state index contributed by atoms with van der Waals surface area (Å²) >= 11 is 5.68. The van der Waals surface area contributed by atoms with Crippen molar-refractivity contribution in [3.05, 3.63) is 41.8 Å². The third-order valence-electron chi connectivity index (χ3n) is 1.84. The van der Waals surface area contributed by atoms with Crippen LogP contribution in [0.4, 0.5) is 5.69 Å². The molecule has 14 heavy (non-hydrogen) atoms. The SMILES string of the molecule is Nc1cccnc1-c1ccc(Cl)nc1. The third-order valence-corrected chi connectivity index (χ3v) is 2.06. The van der Waals surface area contributed by atoms with E-state index >= 15 is 0 Å². The standard InChI is InChI=1S/C10H8ClN3/c11-9-4-3-7(6-14-9)10-8(12)2-1-5-13-10/h1-6H,12H2. The van der Waals surface area contributed by atoms with Gasteiger partial charge in [-0.25, -0.2) is 4.98 Å². The summed E-state index contributed by atoms with van der Waals surface area (Å²) in [5.74, 6) is 0. The quantitative estimate of drug-likeness (QED) is 0.728. The molecule has 0 fully saturated rings. The Kier molecular flexibility index (Phi) is 2.33. The third kappa shape index (κ3) is 1.67. The maximum Gasteiger partial charge on any atom is 0.129 e. The molecule has 0 unspecified atom stereocenters. The van der Waals surface area contributed by atoms with E-state index in [1.54, 1.807) is 30.6 Å². The Balaban J connectivity index is 2.50. The number of anilines is 1. The zero-order chi connectivity index (χ0) is 9.97. The minimum Gasteiger partial charge on any atom is -0.397 e. The fraction of sp³-hybridized carbons (Fsp3) is 0. The van der Waals surface area contributed by atoms with E-state index in [9.17, 15) is 0 Å². The number of nitrogen functional groups attached to an aromatic ring is 1. The molecule has 0 aliphatic carbocycles. The Bertz CT molecular complexity index is 439. The number of hydrogen-bond acceptors (Lipinski definition) is 3. The van der Waals surface area contributed by atoms with E-state index in [0.29, 0.717) is 10.8 Å². The zero-order valence-electron chi connectivity index (χ0n) is 7.31. The van der Waals surface area contributed by atoms with Gasteiger partial charge in [0.05, 0.1) is 11.4 Å². The number of aromatic nitrogens is 2. The Hall–Kier alpha value is -1.61. The first-order valence-corrected chi connectivity index (χ1v) is 4.47. The Morgan fingerprint density at radius 2 is 2.00 bits per heavy atom. The lowest BCUT2D eigenvalue weighted by atomic mass is 10.1. The topological polar surface area (TPSA) is 51.8 Å². The first kappa shape index (κ1) is 8.97. The molecule has 0 radical (unpaired) electrons. The second kappa shape index (κ2) is 3.64. The van der Waals surface area contributed by atoms with Gasteiger partial charge in [0, 0.05) is 18.0 Å². The van der Waals surface area contributed by atoms with E-state index < -0.39 is 0 Å². The van der Waals surface area contributed by atoms with Gasteiger partial charge in [0.15, 0.2) is 0 Å². The monoisotopic (exact) mass is 205 g/mol. The summed E-state index contributed by atoms with van der Waals surface area (Å²) in [4.78, 5) is 8.14. The minimum atomic E-state index is 0.461. The van der Waals surface area contributed by atoms with Gasteiger partial charge in [-0.15, -0.1) is 0 Å². The molecule has 0 saturated heterocycles. The lowest BCUT2D eigenvalue weighted by Crippen LogP contribution is -1.92. The van der Waals surface area contributed by atoms with Crippen LogP contribution in [0.25, 0.3) is 11.3 Å².